The Labute approximate surface area is 146 Å². The van der Waals surface area contributed by atoms with E-state index in [2.05, 4.69) is 0 Å². The summed E-state index contributed by atoms with van der Waals surface area (Å²) in [7, 11) is 0. The molecular weight excluding hydrogens is 330 g/mol. The molecule has 1 aromatic rings. The van der Waals surface area contributed by atoms with Crippen LogP contribution < -0.4 is 0 Å². The normalized spacial score (nSPS) is 19.8. The van der Waals surface area contributed by atoms with Gasteiger partial charge < -0.3 is 0 Å². The number of carbonyl (C=O) groups is 2. The molecule has 0 unspecified atom stereocenters. The summed E-state index contributed by atoms with van der Waals surface area (Å²) in [5, 5.41) is 0.625. The van der Waals surface area contributed by atoms with E-state index in [0.717, 1.165) is 37.0 Å². The van der Waals surface area contributed by atoms with Gasteiger partial charge in [0, 0.05) is 11.1 Å². The molecule has 1 aromatic carbocycles. The lowest BCUT2D eigenvalue weighted by molar-refractivity contribution is -0.139. The molecule has 1 aliphatic carbocycles. The molecule has 3 nitrogen and oxygen atoms in total. The van der Waals surface area contributed by atoms with Crippen molar-refractivity contribution < 1.29 is 9.59 Å². The fourth-order valence-corrected chi connectivity index (χ4v) is 4.33. The van der Waals surface area contributed by atoms with Gasteiger partial charge in [-0.15, -0.1) is 11.8 Å². The van der Waals surface area contributed by atoms with Crippen LogP contribution in [-0.2, 0) is 9.59 Å². The summed E-state index contributed by atoms with van der Waals surface area (Å²) in [5.74, 6) is 0.517. The highest BCUT2D eigenvalue weighted by Gasteiger charge is 2.42. The Kier molecular flexibility index (Phi) is 5.12. The van der Waals surface area contributed by atoms with Crippen LogP contribution in [-0.4, -0.2) is 28.5 Å². The van der Waals surface area contributed by atoms with Crippen molar-refractivity contribution in [1.82, 2.24) is 4.90 Å². The average Bonchev–Trinajstić information content (AvgIpc) is 2.80. The Morgan fingerprint density at radius 3 is 2.35 bits per heavy atom. The maximum absolute atomic E-state index is 13.0. The minimum atomic E-state index is -0.139. The van der Waals surface area contributed by atoms with Gasteiger partial charge in [0.2, 0.25) is 0 Å². The van der Waals surface area contributed by atoms with E-state index in [4.69, 9.17) is 11.6 Å². The number of hydrogen-bond donors (Lipinski definition) is 0. The van der Waals surface area contributed by atoms with E-state index in [0.29, 0.717) is 15.5 Å². The number of hydrogen-bond acceptors (Lipinski definition) is 3. The second kappa shape index (κ2) is 7.10. The highest BCUT2D eigenvalue weighted by atomic mass is 35.5. The number of amides is 2. The fraction of sp³-hybridized carbons (Fsp3) is 0.444. The molecule has 0 saturated heterocycles. The van der Waals surface area contributed by atoms with Gasteiger partial charge in [-0.25, -0.2) is 0 Å². The third-order valence-corrected chi connectivity index (χ3v) is 5.64. The summed E-state index contributed by atoms with van der Waals surface area (Å²) >= 11 is 7.41. The van der Waals surface area contributed by atoms with Gasteiger partial charge in [0.15, 0.2) is 0 Å². The van der Waals surface area contributed by atoms with Crippen LogP contribution in [0.15, 0.2) is 29.2 Å². The van der Waals surface area contributed by atoms with Crippen LogP contribution >= 0.6 is 23.4 Å². The number of thioether (sulfide) groups is 1. The van der Waals surface area contributed by atoms with Crippen molar-refractivity contribution in [2.75, 3.05) is 5.75 Å². The van der Waals surface area contributed by atoms with E-state index in [-0.39, 0.29) is 17.9 Å². The molecule has 0 N–H and O–H groups in total. The number of rotatable bonds is 4. The quantitative estimate of drug-likeness (QED) is 0.751. The minimum Gasteiger partial charge on any atom is -0.271 e. The summed E-state index contributed by atoms with van der Waals surface area (Å²) in [5.41, 5.74) is 1.33. The molecule has 5 heteroatoms. The van der Waals surface area contributed by atoms with E-state index >= 15 is 0 Å². The van der Waals surface area contributed by atoms with Gasteiger partial charge in [-0.2, -0.15) is 0 Å². The summed E-state index contributed by atoms with van der Waals surface area (Å²) in [6.45, 7) is 2.00. The second-order valence-electron chi connectivity index (χ2n) is 5.92. The molecular formula is C18H20ClNO2S. The van der Waals surface area contributed by atoms with E-state index in [9.17, 15) is 9.59 Å². The van der Waals surface area contributed by atoms with Gasteiger partial charge in [-0.05, 0) is 36.3 Å². The zero-order valence-corrected chi connectivity index (χ0v) is 14.8. The summed E-state index contributed by atoms with van der Waals surface area (Å²) < 4.78 is 0. The Hall–Kier alpha value is -1.26. The van der Waals surface area contributed by atoms with Crippen molar-refractivity contribution in [3.05, 3.63) is 39.8 Å². The Morgan fingerprint density at radius 2 is 1.74 bits per heavy atom. The van der Waals surface area contributed by atoms with Gasteiger partial charge in [0.25, 0.3) is 11.8 Å². The van der Waals surface area contributed by atoms with Crippen LogP contribution in [0.3, 0.4) is 0 Å². The number of carbonyl (C=O) groups excluding carboxylic acids is 2. The number of benzene rings is 1. The predicted molar refractivity (Wildman–Crippen MR) is 95.2 cm³/mol. The second-order valence-corrected chi connectivity index (χ2v) is 7.63. The molecule has 0 bridgehead atoms. The molecule has 3 rings (SSSR count). The third kappa shape index (κ3) is 3.20. The van der Waals surface area contributed by atoms with E-state index in [1.807, 2.05) is 19.1 Å². The third-order valence-electron chi connectivity index (χ3n) is 4.43. The first-order chi connectivity index (χ1) is 11.1. The zero-order chi connectivity index (χ0) is 16.4. The van der Waals surface area contributed by atoms with Crippen LogP contribution in [0.1, 0.15) is 44.6 Å². The molecule has 0 aromatic heterocycles. The summed E-state index contributed by atoms with van der Waals surface area (Å²) in [6, 6.07) is 7.23. The van der Waals surface area contributed by atoms with E-state index in [1.165, 1.54) is 23.1 Å². The van der Waals surface area contributed by atoms with Gasteiger partial charge in [-0.1, -0.05) is 49.9 Å². The first-order valence-electron chi connectivity index (χ1n) is 8.14. The predicted octanol–water partition coefficient (Wildman–Crippen LogP) is 4.51. The average molecular weight is 350 g/mol. The lowest BCUT2D eigenvalue weighted by Crippen LogP contribution is -2.42. The van der Waals surface area contributed by atoms with Crippen molar-refractivity contribution >= 4 is 40.8 Å². The molecule has 1 heterocycles. The molecule has 122 valence electrons. The van der Waals surface area contributed by atoms with Crippen molar-refractivity contribution in [2.24, 2.45) is 0 Å². The van der Waals surface area contributed by atoms with Gasteiger partial charge in [-0.3, -0.25) is 14.5 Å². The maximum atomic E-state index is 13.0. The molecule has 0 radical (unpaired) electrons. The topological polar surface area (TPSA) is 37.4 Å². The Balaban J connectivity index is 1.98. The molecule has 1 fully saturated rings. The lowest BCUT2D eigenvalue weighted by atomic mass is 9.94. The van der Waals surface area contributed by atoms with Crippen LogP contribution in [0, 0.1) is 0 Å². The fourth-order valence-electron chi connectivity index (χ4n) is 3.35. The van der Waals surface area contributed by atoms with Crippen molar-refractivity contribution in [2.45, 2.75) is 45.1 Å². The zero-order valence-electron chi connectivity index (χ0n) is 13.2. The van der Waals surface area contributed by atoms with Crippen LogP contribution in [0.2, 0.25) is 5.02 Å². The van der Waals surface area contributed by atoms with E-state index < -0.39 is 0 Å². The smallest absolute Gasteiger partial charge is 0.268 e. The first kappa shape index (κ1) is 16.6. The first-order valence-corrected chi connectivity index (χ1v) is 9.50. The van der Waals surface area contributed by atoms with Crippen molar-refractivity contribution in [1.29, 1.82) is 0 Å². The number of halogens is 1. The van der Waals surface area contributed by atoms with Gasteiger partial charge in [0.05, 0.1) is 10.5 Å². The van der Waals surface area contributed by atoms with Gasteiger partial charge in [0.1, 0.15) is 0 Å². The molecule has 2 aliphatic rings. The highest BCUT2D eigenvalue weighted by molar-refractivity contribution is 8.04. The van der Waals surface area contributed by atoms with Crippen LogP contribution in [0.25, 0.3) is 5.57 Å². The highest BCUT2D eigenvalue weighted by Crippen LogP contribution is 2.39. The van der Waals surface area contributed by atoms with Crippen LogP contribution in [0.4, 0.5) is 0 Å². The van der Waals surface area contributed by atoms with Crippen molar-refractivity contribution in [3.8, 4) is 0 Å². The van der Waals surface area contributed by atoms with Gasteiger partial charge >= 0.3 is 0 Å². The number of imide groups is 1. The molecule has 23 heavy (non-hydrogen) atoms. The summed E-state index contributed by atoms with van der Waals surface area (Å²) in [4.78, 5) is 27.9. The standard InChI is InChI=1S/C18H20ClNO2S/c1-2-23-16-15(12-8-10-13(19)11-9-12)17(21)20(18(16)22)14-6-4-3-5-7-14/h8-11,14H,2-7H2,1H3. The lowest BCUT2D eigenvalue weighted by Gasteiger charge is -2.29. The summed E-state index contributed by atoms with van der Waals surface area (Å²) in [6.07, 6.45) is 5.23. The molecule has 1 aliphatic heterocycles. The molecule has 1 saturated carbocycles. The largest absolute Gasteiger partial charge is 0.271 e. The van der Waals surface area contributed by atoms with Crippen molar-refractivity contribution in [3.63, 3.8) is 0 Å². The van der Waals surface area contributed by atoms with Crippen LogP contribution in [0.5, 0.6) is 0 Å². The Morgan fingerprint density at radius 1 is 1.09 bits per heavy atom. The van der Waals surface area contributed by atoms with E-state index in [1.54, 1.807) is 12.1 Å². The molecule has 0 atom stereocenters. The Bertz CT molecular complexity index is 647. The number of nitrogens with zero attached hydrogens (tertiary/aromatic N) is 1. The monoisotopic (exact) mass is 349 g/mol. The minimum absolute atomic E-state index is 0.0565. The maximum Gasteiger partial charge on any atom is 0.268 e. The molecule has 2 amide bonds. The SMILES string of the molecule is CCSC1=C(c2ccc(Cl)cc2)C(=O)N(C2CCCCC2)C1=O. The molecule has 0 spiro atoms.